The summed E-state index contributed by atoms with van der Waals surface area (Å²) in [6.07, 6.45) is 5.25. The maximum Gasteiger partial charge on any atom is 0.224 e. The smallest absolute Gasteiger partial charge is 0.224 e. The van der Waals surface area contributed by atoms with Crippen LogP contribution < -0.4 is 10.2 Å². The van der Waals surface area contributed by atoms with Gasteiger partial charge in [-0.25, -0.2) is 9.97 Å². The Hall–Kier alpha value is -1.16. The van der Waals surface area contributed by atoms with Crippen molar-refractivity contribution in [1.29, 1.82) is 0 Å². The molecule has 2 rings (SSSR count). The first-order chi connectivity index (χ1) is 7.27. The third kappa shape index (κ3) is 2.45. The summed E-state index contributed by atoms with van der Waals surface area (Å²) in [6.45, 7) is 2.14. The van der Waals surface area contributed by atoms with Crippen molar-refractivity contribution in [1.82, 2.24) is 15.3 Å². The molecule has 2 heterocycles. The second-order valence-electron chi connectivity index (χ2n) is 4.14. The molecular formula is C11H18N4. The number of aryl methyl sites for hydroxylation is 1. The van der Waals surface area contributed by atoms with Gasteiger partial charge in [-0.15, -0.1) is 0 Å². The van der Waals surface area contributed by atoms with Crippen molar-refractivity contribution in [3.8, 4) is 0 Å². The van der Waals surface area contributed by atoms with Crippen LogP contribution in [0.3, 0.4) is 0 Å². The third-order valence-corrected chi connectivity index (χ3v) is 2.68. The van der Waals surface area contributed by atoms with Crippen LogP contribution in [0.4, 0.5) is 5.95 Å². The van der Waals surface area contributed by atoms with E-state index in [1.54, 1.807) is 0 Å². The first-order valence-corrected chi connectivity index (χ1v) is 5.50. The van der Waals surface area contributed by atoms with E-state index in [1.807, 2.05) is 25.2 Å². The second-order valence-corrected chi connectivity index (χ2v) is 4.14. The molecule has 0 amide bonds. The summed E-state index contributed by atoms with van der Waals surface area (Å²) in [7, 11) is 3.96. The maximum atomic E-state index is 4.60. The summed E-state index contributed by atoms with van der Waals surface area (Å²) in [5.74, 6) is 0.822. The van der Waals surface area contributed by atoms with Gasteiger partial charge in [-0.1, -0.05) is 0 Å². The minimum absolute atomic E-state index is 0.822. The van der Waals surface area contributed by atoms with Crippen molar-refractivity contribution in [2.24, 2.45) is 0 Å². The lowest BCUT2D eigenvalue weighted by molar-refractivity contribution is 0.615. The van der Waals surface area contributed by atoms with Crippen molar-refractivity contribution in [2.45, 2.75) is 19.3 Å². The molecule has 0 unspecified atom stereocenters. The van der Waals surface area contributed by atoms with E-state index in [0.29, 0.717) is 0 Å². The Bertz CT molecular complexity index is 335. The van der Waals surface area contributed by atoms with Gasteiger partial charge in [0.25, 0.3) is 0 Å². The highest BCUT2D eigenvalue weighted by molar-refractivity contribution is 5.31. The van der Waals surface area contributed by atoms with Crippen LogP contribution in [0.5, 0.6) is 0 Å². The van der Waals surface area contributed by atoms with Crippen LogP contribution in [0.2, 0.25) is 0 Å². The predicted octanol–water partition coefficient (Wildman–Crippen LogP) is 0.621. The Morgan fingerprint density at radius 1 is 1.27 bits per heavy atom. The predicted molar refractivity (Wildman–Crippen MR) is 61.3 cm³/mol. The van der Waals surface area contributed by atoms with E-state index in [0.717, 1.165) is 38.3 Å². The molecule has 4 nitrogen and oxygen atoms in total. The van der Waals surface area contributed by atoms with Crippen molar-refractivity contribution < 1.29 is 0 Å². The Morgan fingerprint density at radius 2 is 2.13 bits per heavy atom. The highest BCUT2D eigenvalue weighted by atomic mass is 15.2. The van der Waals surface area contributed by atoms with Crippen LogP contribution >= 0.6 is 0 Å². The van der Waals surface area contributed by atoms with E-state index in [2.05, 4.69) is 15.3 Å². The molecule has 0 saturated carbocycles. The maximum absolute atomic E-state index is 4.60. The number of aromatic nitrogens is 2. The van der Waals surface area contributed by atoms with Crippen molar-refractivity contribution in [3.63, 3.8) is 0 Å². The lowest BCUT2D eigenvalue weighted by atomic mass is 10.1. The van der Waals surface area contributed by atoms with Gasteiger partial charge < -0.3 is 10.2 Å². The fourth-order valence-electron chi connectivity index (χ4n) is 1.80. The lowest BCUT2D eigenvalue weighted by Gasteiger charge is -2.16. The van der Waals surface area contributed by atoms with Crippen molar-refractivity contribution >= 4 is 5.95 Å². The number of rotatable bonds is 1. The molecular weight excluding hydrogens is 188 g/mol. The number of nitrogens with zero attached hydrogens (tertiary/aromatic N) is 3. The van der Waals surface area contributed by atoms with Crippen LogP contribution in [0.25, 0.3) is 0 Å². The first-order valence-electron chi connectivity index (χ1n) is 5.50. The van der Waals surface area contributed by atoms with Crippen LogP contribution in [0.15, 0.2) is 6.20 Å². The molecule has 0 spiro atoms. The van der Waals surface area contributed by atoms with Gasteiger partial charge in [0, 0.05) is 26.0 Å². The number of nitrogens with one attached hydrogen (secondary N) is 1. The van der Waals surface area contributed by atoms with Gasteiger partial charge in [0.15, 0.2) is 0 Å². The average molecular weight is 206 g/mol. The molecule has 0 fully saturated rings. The lowest BCUT2D eigenvalue weighted by Crippen LogP contribution is -2.23. The number of hydrogen-bond acceptors (Lipinski definition) is 4. The van der Waals surface area contributed by atoms with Gasteiger partial charge in [-0.3, -0.25) is 0 Å². The van der Waals surface area contributed by atoms with Crippen LogP contribution in [0, 0.1) is 0 Å². The van der Waals surface area contributed by atoms with Crippen LogP contribution in [-0.2, 0) is 12.8 Å². The molecule has 1 N–H and O–H groups in total. The first kappa shape index (κ1) is 10.4. The monoisotopic (exact) mass is 206 g/mol. The zero-order valence-electron chi connectivity index (χ0n) is 9.45. The summed E-state index contributed by atoms with van der Waals surface area (Å²) >= 11 is 0. The molecule has 4 heteroatoms. The van der Waals surface area contributed by atoms with Gasteiger partial charge in [0.05, 0.1) is 0 Å². The van der Waals surface area contributed by atoms with Crippen molar-refractivity contribution in [2.75, 3.05) is 32.1 Å². The van der Waals surface area contributed by atoms with Gasteiger partial charge in [0.2, 0.25) is 5.95 Å². The van der Waals surface area contributed by atoms with E-state index < -0.39 is 0 Å². The highest BCUT2D eigenvalue weighted by Gasteiger charge is 2.10. The SMILES string of the molecule is CN(C)c1ncc2c(n1)CCCNCC2. The van der Waals surface area contributed by atoms with E-state index in [9.17, 15) is 0 Å². The summed E-state index contributed by atoms with van der Waals surface area (Å²) in [4.78, 5) is 10.9. The Labute approximate surface area is 90.7 Å². The number of hydrogen-bond donors (Lipinski definition) is 1. The van der Waals surface area contributed by atoms with E-state index >= 15 is 0 Å². The zero-order valence-corrected chi connectivity index (χ0v) is 9.45. The zero-order chi connectivity index (χ0) is 10.7. The summed E-state index contributed by atoms with van der Waals surface area (Å²) in [5, 5.41) is 3.40. The second kappa shape index (κ2) is 4.57. The van der Waals surface area contributed by atoms with E-state index in [4.69, 9.17) is 0 Å². The molecule has 1 aromatic heterocycles. The molecule has 0 atom stereocenters. The Kier molecular flexibility index (Phi) is 3.16. The largest absolute Gasteiger partial charge is 0.347 e. The molecule has 1 aliphatic rings. The van der Waals surface area contributed by atoms with Gasteiger partial charge >= 0.3 is 0 Å². The summed E-state index contributed by atoms with van der Waals surface area (Å²) in [6, 6.07) is 0. The minimum Gasteiger partial charge on any atom is -0.347 e. The van der Waals surface area contributed by atoms with Crippen LogP contribution in [0.1, 0.15) is 17.7 Å². The van der Waals surface area contributed by atoms with Crippen LogP contribution in [-0.4, -0.2) is 37.2 Å². The molecule has 0 bridgehead atoms. The summed E-state index contributed by atoms with van der Waals surface area (Å²) in [5.41, 5.74) is 2.53. The molecule has 1 aromatic rings. The Balaban J connectivity index is 2.27. The molecule has 0 saturated heterocycles. The summed E-state index contributed by atoms with van der Waals surface area (Å²) < 4.78 is 0. The van der Waals surface area contributed by atoms with Gasteiger partial charge in [-0.2, -0.15) is 0 Å². The number of anilines is 1. The minimum atomic E-state index is 0.822. The molecule has 0 aliphatic carbocycles. The van der Waals surface area contributed by atoms with Crippen molar-refractivity contribution in [3.05, 3.63) is 17.5 Å². The van der Waals surface area contributed by atoms with Gasteiger partial charge in [-0.05, 0) is 37.9 Å². The topological polar surface area (TPSA) is 41.1 Å². The fraction of sp³-hybridized carbons (Fsp3) is 0.636. The standard InChI is InChI=1S/C11H18N4/c1-15(2)11-13-8-9-5-7-12-6-3-4-10(9)14-11/h8,12H,3-7H2,1-2H3. The average Bonchev–Trinajstić information content (AvgIpc) is 2.18. The molecule has 82 valence electrons. The van der Waals surface area contributed by atoms with E-state index in [-0.39, 0.29) is 0 Å². The van der Waals surface area contributed by atoms with E-state index in [1.165, 1.54) is 11.3 Å². The Morgan fingerprint density at radius 3 is 2.93 bits per heavy atom. The third-order valence-electron chi connectivity index (χ3n) is 2.68. The van der Waals surface area contributed by atoms with Gasteiger partial charge in [0.1, 0.15) is 0 Å². The molecule has 15 heavy (non-hydrogen) atoms. The molecule has 1 aliphatic heterocycles. The molecule has 0 aromatic carbocycles. The quantitative estimate of drug-likeness (QED) is 0.731. The number of fused-ring (bicyclic) bond motifs is 1. The molecule has 0 radical (unpaired) electrons. The fourth-order valence-corrected chi connectivity index (χ4v) is 1.80. The normalized spacial score (nSPS) is 16.4. The highest BCUT2D eigenvalue weighted by Crippen LogP contribution is 2.13.